The van der Waals surface area contributed by atoms with E-state index in [2.05, 4.69) is 5.32 Å². The SMILES string of the molecule is O=S1CCC(NC2CCOC2)CC1. The number of ether oxygens (including phenoxy) is 1. The number of hydrogen-bond acceptors (Lipinski definition) is 3. The molecule has 0 spiro atoms. The fourth-order valence-corrected chi connectivity index (χ4v) is 3.26. The van der Waals surface area contributed by atoms with Crippen LogP contribution in [-0.4, -0.2) is 41.0 Å². The summed E-state index contributed by atoms with van der Waals surface area (Å²) < 4.78 is 16.4. The Morgan fingerprint density at radius 2 is 1.92 bits per heavy atom. The molecule has 0 aromatic heterocycles. The Labute approximate surface area is 81.7 Å². The predicted molar refractivity (Wildman–Crippen MR) is 53.3 cm³/mol. The summed E-state index contributed by atoms with van der Waals surface area (Å²) in [5, 5.41) is 3.58. The second-order valence-corrected chi connectivity index (χ2v) is 5.55. The maximum Gasteiger partial charge on any atom is 0.0620 e. The largest absolute Gasteiger partial charge is 0.380 e. The monoisotopic (exact) mass is 203 g/mol. The first-order valence-electron chi connectivity index (χ1n) is 5.03. The van der Waals surface area contributed by atoms with Crippen LogP contribution in [0.15, 0.2) is 0 Å². The van der Waals surface area contributed by atoms with Crippen molar-refractivity contribution in [2.45, 2.75) is 31.3 Å². The highest BCUT2D eigenvalue weighted by molar-refractivity contribution is 7.85. The topological polar surface area (TPSA) is 38.3 Å². The van der Waals surface area contributed by atoms with Gasteiger partial charge in [0.1, 0.15) is 0 Å². The van der Waals surface area contributed by atoms with Gasteiger partial charge in [0.15, 0.2) is 0 Å². The molecule has 2 saturated heterocycles. The van der Waals surface area contributed by atoms with E-state index in [0.717, 1.165) is 44.0 Å². The van der Waals surface area contributed by atoms with Crippen LogP contribution in [-0.2, 0) is 15.5 Å². The average Bonchev–Trinajstić information content (AvgIpc) is 2.62. The summed E-state index contributed by atoms with van der Waals surface area (Å²) in [7, 11) is -0.535. The first kappa shape index (κ1) is 9.62. The van der Waals surface area contributed by atoms with Gasteiger partial charge in [0.05, 0.1) is 6.61 Å². The van der Waals surface area contributed by atoms with E-state index in [-0.39, 0.29) is 0 Å². The van der Waals surface area contributed by atoms with Gasteiger partial charge in [-0.15, -0.1) is 0 Å². The summed E-state index contributed by atoms with van der Waals surface area (Å²) in [4.78, 5) is 0. The van der Waals surface area contributed by atoms with Gasteiger partial charge in [-0.3, -0.25) is 4.21 Å². The highest BCUT2D eigenvalue weighted by Crippen LogP contribution is 2.12. The van der Waals surface area contributed by atoms with Gasteiger partial charge < -0.3 is 10.1 Å². The molecule has 0 saturated carbocycles. The summed E-state index contributed by atoms with van der Waals surface area (Å²) in [6.45, 7) is 1.76. The molecule has 2 aliphatic heterocycles. The number of nitrogens with one attached hydrogen (secondary N) is 1. The second-order valence-electron chi connectivity index (χ2n) is 3.85. The third-order valence-corrected chi connectivity index (χ3v) is 4.17. The molecule has 0 amide bonds. The fraction of sp³-hybridized carbons (Fsp3) is 1.00. The van der Waals surface area contributed by atoms with Crippen LogP contribution in [0.25, 0.3) is 0 Å². The fourth-order valence-electron chi connectivity index (χ4n) is 1.96. The van der Waals surface area contributed by atoms with Gasteiger partial charge in [-0.25, -0.2) is 0 Å². The zero-order valence-corrected chi connectivity index (χ0v) is 8.65. The first-order valence-corrected chi connectivity index (χ1v) is 6.52. The molecule has 2 aliphatic rings. The lowest BCUT2D eigenvalue weighted by Gasteiger charge is -2.25. The van der Waals surface area contributed by atoms with Crippen LogP contribution in [0.1, 0.15) is 19.3 Å². The minimum Gasteiger partial charge on any atom is -0.380 e. The van der Waals surface area contributed by atoms with Gasteiger partial charge in [-0.2, -0.15) is 0 Å². The molecule has 2 heterocycles. The summed E-state index contributed by atoms with van der Waals surface area (Å²) >= 11 is 0. The van der Waals surface area contributed by atoms with Crippen LogP contribution in [0.3, 0.4) is 0 Å². The minimum atomic E-state index is -0.535. The maximum atomic E-state index is 11.1. The Morgan fingerprint density at radius 1 is 1.15 bits per heavy atom. The first-order chi connectivity index (χ1) is 6.34. The van der Waals surface area contributed by atoms with E-state index < -0.39 is 10.8 Å². The molecule has 76 valence electrons. The van der Waals surface area contributed by atoms with E-state index in [1.54, 1.807) is 0 Å². The number of hydrogen-bond donors (Lipinski definition) is 1. The lowest BCUT2D eigenvalue weighted by Crippen LogP contribution is -2.42. The summed E-state index contributed by atoms with van der Waals surface area (Å²) in [5.74, 6) is 1.76. The van der Waals surface area contributed by atoms with Crippen molar-refractivity contribution in [2.75, 3.05) is 24.7 Å². The molecule has 0 aromatic rings. The van der Waals surface area contributed by atoms with Gasteiger partial charge in [-0.1, -0.05) is 0 Å². The van der Waals surface area contributed by atoms with E-state index in [9.17, 15) is 4.21 Å². The standard InChI is InChI=1S/C9H17NO2S/c11-13-5-2-8(3-6-13)10-9-1-4-12-7-9/h8-10H,1-7H2. The van der Waals surface area contributed by atoms with Crippen molar-refractivity contribution in [3.05, 3.63) is 0 Å². The van der Waals surface area contributed by atoms with E-state index in [1.165, 1.54) is 0 Å². The van der Waals surface area contributed by atoms with Crippen molar-refractivity contribution in [3.8, 4) is 0 Å². The molecule has 1 unspecified atom stereocenters. The van der Waals surface area contributed by atoms with Gasteiger partial charge in [0.25, 0.3) is 0 Å². The van der Waals surface area contributed by atoms with E-state index >= 15 is 0 Å². The molecule has 0 aliphatic carbocycles. The molecule has 0 radical (unpaired) electrons. The van der Waals surface area contributed by atoms with Crippen molar-refractivity contribution in [1.82, 2.24) is 5.32 Å². The van der Waals surface area contributed by atoms with Crippen LogP contribution in [0.4, 0.5) is 0 Å². The van der Waals surface area contributed by atoms with Crippen LogP contribution in [0.2, 0.25) is 0 Å². The second kappa shape index (κ2) is 4.53. The van der Waals surface area contributed by atoms with Crippen LogP contribution in [0.5, 0.6) is 0 Å². The lowest BCUT2D eigenvalue weighted by molar-refractivity contribution is 0.187. The van der Waals surface area contributed by atoms with Gasteiger partial charge in [0.2, 0.25) is 0 Å². The zero-order valence-electron chi connectivity index (χ0n) is 7.83. The molecule has 1 N–H and O–H groups in total. The molecule has 0 bridgehead atoms. The highest BCUT2D eigenvalue weighted by Gasteiger charge is 2.22. The average molecular weight is 203 g/mol. The van der Waals surface area contributed by atoms with Crippen LogP contribution >= 0.6 is 0 Å². The molecular weight excluding hydrogens is 186 g/mol. The van der Waals surface area contributed by atoms with E-state index in [0.29, 0.717) is 12.1 Å². The smallest absolute Gasteiger partial charge is 0.0620 e. The number of rotatable bonds is 2. The lowest BCUT2D eigenvalue weighted by atomic mass is 10.1. The van der Waals surface area contributed by atoms with Gasteiger partial charge >= 0.3 is 0 Å². The molecule has 2 fully saturated rings. The maximum absolute atomic E-state index is 11.1. The minimum absolute atomic E-state index is 0.535. The van der Waals surface area contributed by atoms with E-state index in [4.69, 9.17) is 4.74 Å². The molecule has 4 heteroatoms. The third-order valence-electron chi connectivity index (χ3n) is 2.79. The molecule has 13 heavy (non-hydrogen) atoms. The van der Waals surface area contributed by atoms with Crippen LogP contribution < -0.4 is 5.32 Å². The quantitative estimate of drug-likeness (QED) is 0.700. The van der Waals surface area contributed by atoms with Gasteiger partial charge in [0, 0.05) is 41.0 Å². The van der Waals surface area contributed by atoms with Crippen LogP contribution in [0, 0.1) is 0 Å². The molecule has 1 atom stereocenters. The molecule has 2 rings (SSSR count). The summed E-state index contributed by atoms with van der Waals surface area (Å²) in [6, 6.07) is 1.14. The van der Waals surface area contributed by atoms with Crippen molar-refractivity contribution in [3.63, 3.8) is 0 Å². The summed E-state index contributed by atoms with van der Waals surface area (Å²) in [6.07, 6.45) is 3.28. The van der Waals surface area contributed by atoms with Crippen molar-refractivity contribution in [2.24, 2.45) is 0 Å². The Balaban J connectivity index is 1.72. The van der Waals surface area contributed by atoms with Crippen molar-refractivity contribution < 1.29 is 8.95 Å². The Bertz CT molecular complexity index is 182. The van der Waals surface area contributed by atoms with Gasteiger partial charge in [-0.05, 0) is 19.3 Å². The Kier molecular flexibility index (Phi) is 3.35. The van der Waals surface area contributed by atoms with Crippen molar-refractivity contribution >= 4 is 10.8 Å². The normalized spacial score (nSPS) is 40.8. The highest BCUT2D eigenvalue weighted by atomic mass is 32.2. The summed E-state index contributed by atoms with van der Waals surface area (Å²) in [5.41, 5.74) is 0. The third kappa shape index (κ3) is 2.76. The predicted octanol–water partition coefficient (Wildman–Crippen LogP) is 0.276. The molecule has 3 nitrogen and oxygen atoms in total. The molecule has 0 aromatic carbocycles. The van der Waals surface area contributed by atoms with E-state index in [1.807, 2.05) is 0 Å². The zero-order chi connectivity index (χ0) is 9.10. The van der Waals surface area contributed by atoms with Crippen molar-refractivity contribution in [1.29, 1.82) is 0 Å². The Hall–Kier alpha value is 0.0700. The molecular formula is C9H17NO2S. The Morgan fingerprint density at radius 3 is 2.54 bits per heavy atom.